The van der Waals surface area contributed by atoms with Crippen LogP contribution in [-0.4, -0.2) is 67.5 Å². The molecule has 1 heterocycles. The van der Waals surface area contributed by atoms with Gasteiger partial charge in [0.05, 0.1) is 7.11 Å². The van der Waals surface area contributed by atoms with E-state index >= 15 is 0 Å². The second kappa shape index (κ2) is 9.95. The molecule has 0 bridgehead atoms. The molecule has 0 aromatic heterocycles. The van der Waals surface area contributed by atoms with Crippen molar-refractivity contribution in [1.82, 2.24) is 9.80 Å². The van der Waals surface area contributed by atoms with Crippen molar-refractivity contribution in [1.29, 1.82) is 0 Å². The van der Waals surface area contributed by atoms with Crippen LogP contribution in [0.1, 0.15) is 5.56 Å². The molecule has 2 aromatic carbocycles. The van der Waals surface area contributed by atoms with E-state index in [4.69, 9.17) is 21.1 Å². The summed E-state index contributed by atoms with van der Waals surface area (Å²) in [7, 11) is 1.63. The van der Waals surface area contributed by atoms with Crippen molar-refractivity contribution in [2.45, 2.75) is 12.6 Å². The normalized spacial score (nSPS) is 16.9. The quantitative estimate of drug-likeness (QED) is 0.750. The van der Waals surface area contributed by atoms with Crippen LogP contribution in [0, 0.1) is 0 Å². The van der Waals surface area contributed by atoms with Crippen LogP contribution in [0.3, 0.4) is 0 Å². The Morgan fingerprint density at radius 3 is 2.15 bits per heavy atom. The highest BCUT2D eigenvalue weighted by Crippen LogP contribution is 2.17. The molecule has 0 amide bonds. The van der Waals surface area contributed by atoms with Gasteiger partial charge in [-0.05, 0) is 42.0 Å². The van der Waals surface area contributed by atoms with Crippen molar-refractivity contribution in [2.75, 3.05) is 46.4 Å². The van der Waals surface area contributed by atoms with Crippen LogP contribution in [0.5, 0.6) is 11.5 Å². The van der Waals surface area contributed by atoms with Crippen LogP contribution in [0.2, 0.25) is 5.02 Å². The molecule has 27 heavy (non-hydrogen) atoms. The molecule has 0 radical (unpaired) electrons. The van der Waals surface area contributed by atoms with Gasteiger partial charge in [0.1, 0.15) is 24.2 Å². The molecule has 1 fully saturated rings. The Bertz CT molecular complexity index is 686. The molecule has 1 aliphatic rings. The third kappa shape index (κ3) is 6.40. The molecule has 6 heteroatoms. The first-order valence-corrected chi connectivity index (χ1v) is 9.64. The third-order valence-electron chi connectivity index (χ3n) is 4.76. The number of nitrogens with zero attached hydrogens (tertiary/aromatic N) is 2. The predicted molar refractivity (Wildman–Crippen MR) is 108 cm³/mol. The number of benzene rings is 2. The van der Waals surface area contributed by atoms with Crippen molar-refractivity contribution in [3.63, 3.8) is 0 Å². The number of ether oxygens (including phenoxy) is 2. The number of methoxy groups -OCH3 is 1. The average Bonchev–Trinajstić information content (AvgIpc) is 2.70. The van der Waals surface area contributed by atoms with E-state index in [1.54, 1.807) is 7.11 Å². The molecule has 1 N–H and O–H groups in total. The van der Waals surface area contributed by atoms with E-state index in [0.29, 0.717) is 6.54 Å². The summed E-state index contributed by atoms with van der Waals surface area (Å²) < 4.78 is 10.8. The van der Waals surface area contributed by atoms with E-state index in [-0.39, 0.29) is 6.61 Å². The Hall–Kier alpha value is -1.79. The molecule has 146 valence electrons. The lowest BCUT2D eigenvalue weighted by atomic mass is 10.2. The highest BCUT2D eigenvalue weighted by molar-refractivity contribution is 6.30. The highest BCUT2D eigenvalue weighted by atomic mass is 35.5. The fourth-order valence-corrected chi connectivity index (χ4v) is 3.32. The molecule has 5 nitrogen and oxygen atoms in total. The summed E-state index contributed by atoms with van der Waals surface area (Å²) in [4.78, 5) is 4.72. The van der Waals surface area contributed by atoms with Gasteiger partial charge < -0.3 is 14.6 Å². The minimum absolute atomic E-state index is 0.289. The topological polar surface area (TPSA) is 45.2 Å². The number of piperazine rings is 1. The van der Waals surface area contributed by atoms with Gasteiger partial charge in [-0.15, -0.1) is 0 Å². The minimum Gasteiger partial charge on any atom is -0.497 e. The van der Waals surface area contributed by atoms with E-state index < -0.39 is 6.10 Å². The van der Waals surface area contributed by atoms with Gasteiger partial charge in [-0.2, -0.15) is 0 Å². The van der Waals surface area contributed by atoms with Crippen LogP contribution in [-0.2, 0) is 6.54 Å². The van der Waals surface area contributed by atoms with Crippen LogP contribution in [0.4, 0.5) is 0 Å². The van der Waals surface area contributed by atoms with Crippen molar-refractivity contribution < 1.29 is 14.6 Å². The lowest BCUT2D eigenvalue weighted by Crippen LogP contribution is -2.48. The van der Waals surface area contributed by atoms with E-state index in [2.05, 4.69) is 21.9 Å². The Morgan fingerprint density at radius 2 is 1.52 bits per heavy atom. The lowest BCUT2D eigenvalue weighted by Gasteiger charge is -2.35. The first-order valence-electron chi connectivity index (χ1n) is 9.26. The van der Waals surface area contributed by atoms with Gasteiger partial charge in [0, 0.05) is 44.3 Å². The number of aliphatic hydroxyl groups excluding tert-OH is 1. The molecule has 0 saturated carbocycles. The summed E-state index contributed by atoms with van der Waals surface area (Å²) in [5.74, 6) is 1.53. The molecule has 1 unspecified atom stereocenters. The first-order chi connectivity index (χ1) is 13.1. The zero-order valence-electron chi connectivity index (χ0n) is 15.7. The Kier molecular flexibility index (Phi) is 7.35. The third-order valence-corrected chi connectivity index (χ3v) is 5.01. The summed E-state index contributed by atoms with van der Waals surface area (Å²) in [6, 6.07) is 15.4. The van der Waals surface area contributed by atoms with Crippen LogP contribution in [0.15, 0.2) is 48.5 Å². The number of hydrogen-bond acceptors (Lipinski definition) is 5. The maximum absolute atomic E-state index is 10.3. The van der Waals surface area contributed by atoms with Gasteiger partial charge in [0.2, 0.25) is 0 Å². The number of rotatable bonds is 8. The fraction of sp³-hybridized carbons (Fsp3) is 0.429. The van der Waals surface area contributed by atoms with Crippen LogP contribution >= 0.6 is 11.6 Å². The molecular formula is C21H27ClN2O3. The maximum Gasteiger partial charge on any atom is 0.119 e. The smallest absolute Gasteiger partial charge is 0.119 e. The molecule has 0 aliphatic carbocycles. The molecule has 1 atom stereocenters. The molecule has 2 aromatic rings. The van der Waals surface area contributed by atoms with Gasteiger partial charge >= 0.3 is 0 Å². The van der Waals surface area contributed by atoms with Crippen molar-refractivity contribution in [2.24, 2.45) is 0 Å². The molecular weight excluding hydrogens is 364 g/mol. The van der Waals surface area contributed by atoms with Crippen molar-refractivity contribution in [3.05, 3.63) is 59.1 Å². The summed E-state index contributed by atoms with van der Waals surface area (Å²) in [6.07, 6.45) is -0.505. The van der Waals surface area contributed by atoms with Crippen LogP contribution < -0.4 is 9.47 Å². The second-order valence-electron chi connectivity index (χ2n) is 6.84. The zero-order chi connectivity index (χ0) is 19.1. The van der Waals surface area contributed by atoms with E-state index in [9.17, 15) is 5.11 Å². The number of β-amino-alcohol motifs (C(OH)–C–C–N with tert-alkyl or cyclic N) is 1. The molecule has 1 aliphatic heterocycles. The SMILES string of the molecule is COc1ccc(OCC(O)CN2CCN(Cc3ccc(Cl)cc3)CC2)cc1. The summed E-state index contributed by atoms with van der Waals surface area (Å²) in [5.41, 5.74) is 1.28. The Labute approximate surface area is 166 Å². The summed E-state index contributed by atoms with van der Waals surface area (Å²) in [5, 5.41) is 11.0. The van der Waals surface area contributed by atoms with E-state index in [1.165, 1.54) is 5.56 Å². The minimum atomic E-state index is -0.505. The second-order valence-corrected chi connectivity index (χ2v) is 7.28. The van der Waals surface area contributed by atoms with Gasteiger partial charge in [-0.25, -0.2) is 0 Å². The monoisotopic (exact) mass is 390 g/mol. The van der Waals surface area contributed by atoms with Crippen molar-refractivity contribution in [3.8, 4) is 11.5 Å². The maximum atomic E-state index is 10.3. The highest BCUT2D eigenvalue weighted by Gasteiger charge is 2.19. The molecule has 0 spiro atoms. The zero-order valence-corrected chi connectivity index (χ0v) is 16.4. The fourth-order valence-electron chi connectivity index (χ4n) is 3.19. The Balaban J connectivity index is 1.36. The predicted octanol–water partition coefficient (Wildman–Crippen LogP) is 2.91. The van der Waals surface area contributed by atoms with Gasteiger partial charge in [0.15, 0.2) is 0 Å². The molecule has 1 saturated heterocycles. The summed E-state index contributed by atoms with van der Waals surface area (Å²) in [6.45, 7) is 5.75. The van der Waals surface area contributed by atoms with Crippen molar-refractivity contribution >= 4 is 11.6 Å². The summed E-state index contributed by atoms with van der Waals surface area (Å²) >= 11 is 5.94. The van der Waals surface area contributed by atoms with Crippen LogP contribution in [0.25, 0.3) is 0 Å². The van der Waals surface area contributed by atoms with E-state index in [0.717, 1.165) is 49.2 Å². The lowest BCUT2D eigenvalue weighted by molar-refractivity contribution is 0.0446. The van der Waals surface area contributed by atoms with Gasteiger partial charge in [-0.1, -0.05) is 23.7 Å². The molecule has 3 rings (SSSR count). The first kappa shape index (κ1) is 20.0. The number of hydrogen-bond donors (Lipinski definition) is 1. The largest absolute Gasteiger partial charge is 0.497 e. The van der Waals surface area contributed by atoms with E-state index in [1.807, 2.05) is 36.4 Å². The standard InChI is InChI=1S/C21H27ClN2O3/c1-26-20-6-8-21(9-7-20)27-16-19(25)15-24-12-10-23(11-13-24)14-17-2-4-18(22)5-3-17/h2-9,19,25H,10-16H2,1H3. The Morgan fingerprint density at radius 1 is 0.926 bits per heavy atom. The number of halogens is 1. The number of aliphatic hydroxyl groups is 1. The van der Waals surface area contributed by atoms with Gasteiger partial charge in [-0.3, -0.25) is 9.80 Å². The van der Waals surface area contributed by atoms with Gasteiger partial charge in [0.25, 0.3) is 0 Å². The average molecular weight is 391 g/mol.